The second-order valence-electron chi connectivity index (χ2n) is 7.87. The Hall–Kier alpha value is -1.87. The molecule has 23 heavy (non-hydrogen) atoms. The summed E-state index contributed by atoms with van der Waals surface area (Å²) >= 11 is 0. The third-order valence-corrected chi connectivity index (χ3v) is 7.06. The van der Waals surface area contributed by atoms with Gasteiger partial charge < -0.3 is 9.80 Å². The summed E-state index contributed by atoms with van der Waals surface area (Å²) in [5.74, 6) is 0.316. The number of fused-ring (bicyclic) bond motifs is 2. The van der Waals surface area contributed by atoms with Gasteiger partial charge in [-0.3, -0.25) is 4.79 Å². The number of para-hydroxylation sites is 1. The highest BCUT2D eigenvalue weighted by Crippen LogP contribution is 2.62. The minimum absolute atomic E-state index is 0.0390. The lowest BCUT2D eigenvalue weighted by molar-refractivity contribution is -0.923. The van der Waals surface area contributed by atoms with Gasteiger partial charge in [0.1, 0.15) is 18.9 Å². The topological polar surface area (TPSA) is 29.1 Å². The number of benzene rings is 1. The fraction of sp³-hybridized carbons (Fsp3) is 0.450. The quantitative estimate of drug-likeness (QED) is 0.491. The van der Waals surface area contributed by atoms with Gasteiger partial charge in [-0.15, -0.1) is 0 Å². The van der Waals surface area contributed by atoms with Crippen LogP contribution in [0.1, 0.15) is 25.3 Å². The van der Waals surface area contributed by atoms with Gasteiger partial charge in [-0.1, -0.05) is 24.3 Å². The predicted molar refractivity (Wildman–Crippen MR) is 91.0 cm³/mol. The van der Waals surface area contributed by atoms with Crippen LogP contribution >= 0.6 is 0 Å². The van der Waals surface area contributed by atoms with Crippen molar-refractivity contribution in [2.75, 3.05) is 25.5 Å². The Morgan fingerprint density at radius 2 is 2.17 bits per heavy atom. The van der Waals surface area contributed by atoms with Crippen molar-refractivity contribution in [2.45, 2.75) is 31.2 Å². The van der Waals surface area contributed by atoms with Crippen molar-refractivity contribution in [1.82, 2.24) is 0 Å². The molecule has 0 saturated carbocycles. The number of rotatable bonds is 1. The molecule has 4 aliphatic rings. The van der Waals surface area contributed by atoms with Crippen molar-refractivity contribution in [3.8, 4) is 0 Å². The summed E-state index contributed by atoms with van der Waals surface area (Å²) in [5.41, 5.74) is 6.35. The first-order chi connectivity index (χ1) is 11.1. The summed E-state index contributed by atoms with van der Waals surface area (Å²) in [6.07, 6.45) is 5.65. The molecule has 0 amide bonds. The summed E-state index contributed by atoms with van der Waals surface area (Å²) < 4.78 is 1.13. The van der Waals surface area contributed by atoms with E-state index in [1.807, 2.05) is 0 Å². The molecule has 118 valence electrons. The van der Waals surface area contributed by atoms with Crippen LogP contribution < -0.4 is 5.32 Å². The first kappa shape index (κ1) is 13.6. The highest BCUT2D eigenvalue weighted by molar-refractivity contribution is 5.84. The molecule has 1 aromatic carbocycles. The van der Waals surface area contributed by atoms with Crippen LogP contribution in [0.15, 0.2) is 47.2 Å². The molecule has 3 nitrogen and oxygen atoms in total. The zero-order valence-corrected chi connectivity index (χ0v) is 13.8. The molecule has 2 saturated heterocycles. The largest absolute Gasteiger partial charge is 0.357 e. The van der Waals surface area contributed by atoms with Crippen LogP contribution in [0.4, 0.5) is 5.69 Å². The van der Waals surface area contributed by atoms with Gasteiger partial charge >= 0.3 is 0 Å². The summed E-state index contributed by atoms with van der Waals surface area (Å²) in [7, 11) is 2.42. The fourth-order valence-electron chi connectivity index (χ4n) is 6.07. The maximum absolute atomic E-state index is 12.0. The van der Waals surface area contributed by atoms with Crippen LogP contribution in [0.5, 0.6) is 0 Å². The van der Waals surface area contributed by atoms with E-state index in [-0.39, 0.29) is 5.41 Å². The number of allylic oxidation sites excluding steroid dienone is 2. The summed E-state index contributed by atoms with van der Waals surface area (Å²) in [6.45, 7) is 4.42. The molecule has 5 rings (SSSR count). The molecule has 3 heteroatoms. The minimum atomic E-state index is 0.0390. The molecule has 0 unspecified atom stereocenters. The van der Waals surface area contributed by atoms with Crippen LogP contribution in [0.2, 0.25) is 0 Å². The minimum Gasteiger partial charge on any atom is -0.357 e. The van der Waals surface area contributed by atoms with Gasteiger partial charge in [0.15, 0.2) is 0 Å². The van der Waals surface area contributed by atoms with E-state index >= 15 is 0 Å². The molecule has 0 radical (unpaired) electrons. The fourth-order valence-corrected chi connectivity index (χ4v) is 6.07. The normalized spacial score (nSPS) is 41.6. The molecular formula is C20H23N2O+. The Labute approximate surface area is 137 Å². The lowest BCUT2D eigenvalue weighted by atomic mass is 9.61. The highest BCUT2D eigenvalue weighted by atomic mass is 16.1. The van der Waals surface area contributed by atoms with Crippen LogP contribution in [0.3, 0.4) is 0 Å². The predicted octanol–water partition coefficient (Wildman–Crippen LogP) is 3.00. The molecule has 1 aliphatic carbocycles. The molecule has 1 spiro atoms. The van der Waals surface area contributed by atoms with Gasteiger partial charge in [-0.2, -0.15) is 0 Å². The zero-order valence-electron chi connectivity index (χ0n) is 13.8. The van der Waals surface area contributed by atoms with Gasteiger partial charge in [0.2, 0.25) is 0 Å². The number of nitrogens with zero attached hydrogens (tertiary/aromatic N) is 1. The molecule has 3 aliphatic heterocycles. The third-order valence-electron chi connectivity index (χ3n) is 7.06. The Morgan fingerprint density at radius 1 is 1.35 bits per heavy atom. The Balaban J connectivity index is 1.85. The van der Waals surface area contributed by atoms with Gasteiger partial charge in [0.05, 0.1) is 19.0 Å². The average Bonchev–Trinajstić information content (AvgIpc) is 3.08. The molecule has 2 fully saturated rings. The summed E-state index contributed by atoms with van der Waals surface area (Å²) in [4.78, 5) is 12.0. The number of carbonyl (C=O) groups excluding carboxylic acids is 1. The van der Waals surface area contributed by atoms with Gasteiger partial charge in [0, 0.05) is 35.7 Å². The molecular weight excluding hydrogens is 284 g/mol. The standard InChI is InChI=1S/C20H22N2O/c1-3-13-11-22(2)9-8-20-16-6-4-5-7-17(16)21-19(20)15(12-23)14(13)10-18(20)22/h3-7,12,14,18H,8-11H2,1-2H3/p+1/t14-,18+,20-,22+/m1/s1. The Bertz CT molecular complexity index is 793. The van der Waals surface area contributed by atoms with Crippen molar-refractivity contribution in [3.63, 3.8) is 0 Å². The number of likely N-dealkylation sites (N-methyl/N-ethyl adjacent to an activating group) is 1. The maximum atomic E-state index is 12.0. The van der Waals surface area contributed by atoms with Crippen molar-refractivity contribution in [2.24, 2.45) is 5.92 Å². The Kier molecular flexibility index (Phi) is 2.45. The number of piperidine rings is 1. The number of anilines is 1. The van der Waals surface area contributed by atoms with Gasteiger partial charge in [-0.05, 0) is 24.1 Å². The van der Waals surface area contributed by atoms with Crippen LogP contribution in [-0.4, -0.2) is 36.9 Å². The summed E-state index contributed by atoms with van der Waals surface area (Å²) in [6, 6.07) is 9.27. The molecule has 0 aromatic heterocycles. The lowest BCUT2D eigenvalue weighted by Crippen LogP contribution is -2.61. The molecule has 4 atom stereocenters. The van der Waals surface area contributed by atoms with Crippen LogP contribution in [0.25, 0.3) is 0 Å². The van der Waals surface area contributed by atoms with Crippen LogP contribution in [-0.2, 0) is 10.2 Å². The van der Waals surface area contributed by atoms with E-state index in [0.717, 1.165) is 35.7 Å². The van der Waals surface area contributed by atoms with E-state index in [4.69, 9.17) is 0 Å². The average molecular weight is 307 g/mol. The van der Waals surface area contributed by atoms with Crippen molar-refractivity contribution < 1.29 is 9.28 Å². The zero-order chi connectivity index (χ0) is 15.8. The second-order valence-corrected chi connectivity index (χ2v) is 7.87. The number of nitrogens with one attached hydrogen (secondary N) is 1. The van der Waals surface area contributed by atoms with E-state index in [0.29, 0.717) is 12.0 Å². The smallest absolute Gasteiger partial charge is 0.148 e. The van der Waals surface area contributed by atoms with Crippen molar-refractivity contribution in [3.05, 3.63) is 52.7 Å². The van der Waals surface area contributed by atoms with Gasteiger partial charge in [0.25, 0.3) is 0 Å². The number of quaternary nitrogens is 1. The number of aldehydes is 1. The van der Waals surface area contributed by atoms with Crippen molar-refractivity contribution >= 4 is 12.0 Å². The van der Waals surface area contributed by atoms with E-state index in [2.05, 4.69) is 49.6 Å². The Morgan fingerprint density at radius 3 is 2.96 bits per heavy atom. The first-order valence-electron chi connectivity index (χ1n) is 8.70. The molecule has 2 bridgehead atoms. The first-order valence-corrected chi connectivity index (χ1v) is 8.70. The van der Waals surface area contributed by atoms with E-state index in [1.165, 1.54) is 29.1 Å². The molecule has 1 aromatic rings. The van der Waals surface area contributed by atoms with Crippen LogP contribution in [0, 0.1) is 5.92 Å². The highest BCUT2D eigenvalue weighted by Gasteiger charge is 2.67. The second kappa shape index (κ2) is 4.15. The monoisotopic (exact) mass is 307 g/mol. The number of hydrogen-bond acceptors (Lipinski definition) is 2. The number of hydrogen-bond donors (Lipinski definition) is 1. The van der Waals surface area contributed by atoms with Gasteiger partial charge in [-0.25, -0.2) is 0 Å². The lowest BCUT2D eigenvalue weighted by Gasteiger charge is -2.51. The maximum Gasteiger partial charge on any atom is 0.148 e. The number of carbonyl (C=O) groups is 1. The molecule has 1 N–H and O–H groups in total. The van der Waals surface area contributed by atoms with E-state index < -0.39 is 0 Å². The SMILES string of the molecule is CC=C1C[N@+]2(C)CC[C@]34C(=C(C=O)[C@@H]1C[C@@H]32)Nc1ccccc14. The van der Waals surface area contributed by atoms with E-state index in [9.17, 15) is 4.79 Å². The third kappa shape index (κ3) is 1.38. The summed E-state index contributed by atoms with van der Waals surface area (Å²) in [5, 5.41) is 3.66. The molecule has 3 heterocycles. The van der Waals surface area contributed by atoms with Crippen molar-refractivity contribution in [1.29, 1.82) is 0 Å². The van der Waals surface area contributed by atoms with E-state index in [1.54, 1.807) is 0 Å².